The molecule has 3 aromatic rings. The summed E-state index contributed by atoms with van der Waals surface area (Å²) in [5, 5.41) is 6.44. The van der Waals surface area contributed by atoms with Crippen LogP contribution in [0.1, 0.15) is 0 Å². The molecule has 2 amide bonds. The molecule has 0 bridgehead atoms. The van der Waals surface area contributed by atoms with Crippen LogP contribution in [0.4, 0.5) is 21.9 Å². The van der Waals surface area contributed by atoms with Gasteiger partial charge >= 0.3 is 6.03 Å². The quantitative estimate of drug-likeness (QED) is 0.778. The molecular formula is C17H17N5O. The van der Waals surface area contributed by atoms with Crippen molar-refractivity contribution >= 4 is 34.0 Å². The summed E-state index contributed by atoms with van der Waals surface area (Å²) < 4.78 is 0. The molecule has 2 N–H and O–H groups in total. The smallest absolute Gasteiger partial charge is 0.323 e. The van der Waals surface area contributed by atoms with E-state index in [1.165, 1.54) is 0 Å². The summed E-state index contributed by atoms with van der Waals surface area (Å²) in [5.41, 5.74) is 3.25. The monoisotopic (exact) mass is 307 g/mol. The second-order valence-electron chi connectivity index (χ2n) is 5.27. The number of hydrogen-bond acceptors (Lipinski definition) is 4. The molecule has 2 aromatic heterocycles. The lowest BCUT2D eigenvalue weighted by molar-refractivity contribution is 0.262. The number of nitrogens with zero attached hydrogens (tertiary/aromatic N) is 3. The number of nitrogens with one attached hydrogen (secondary N) is 2. The highest BCUT2D eigenvalue weighted by Crippen LogP contribution is 2.20. The van der Waals surface area contributed by atoms with Crippen molar-refractivity contribution in [2.24, 2.45) is 0 Å². The van der Waals surface area contributed by atoms with Gasteiger partial charge in [-0.1, -0.05) is 0 Å². The third kappa shape index (κ3) is 3.37. The Kier molecular flexibility index (Phi) is 4.05. The van der Waals surface area contributed by atoms with E-state index in [2.05, 4.69) is 20.6 Å². The molecule has 3 rings (SSSR count). The molecule has 23 heavy (non-hydrogen) atoms. The second kappa shape index (κ2) is 6.31. The number of carbonyl (C=O) groups excluding carboxylic acids is 1. The van der Waals surface area contributed by atoms with Crippen LogP contribution in [0.15, 0.2) is 55.0 Å². The van der Waals surface area contributed by atoms with E-state index in [0.717, 1.165) is 22.3 Å². The number of benzene rings is 1. The standard InChI is InChI=1S/C17H17N5O/c1-22(2)13-5-3-12(4-6-13)20-17(23)21-16-8-10-19-15-7-9-18-11-14(15)16/h3-11H,1-2H3,(H2,19,20,21,23). The first-order chi connectivity index (χ1) is 11.1. The summed E-state index contributed by atoms with van der Waals surface area (Å²) >= 11 is 0. The van der Waals surface area contributed by atoms with Crippen LogP contribution < -0.4 is 15.5 Å². The molecule has 0 fully saturated rings. The lowest BCUT2D eigenvalue weighted by Gasteiger charge is -2.13. The Morgan fingerprint density at radius 2 is 1.78 bits per heavy atom. The fourth-order valence-electron chi connectivity index (χ4n) is 2.23. The molecule has 0 unspecified atom stereocenters. The SMILES string of the molecule is CN(C)c1ccc(NC(=O)Nc2ccnc3ccncc23)cc1. The number of amides is 2. The van der Waals surface area contributed by atoms with Crippen molar-refractivity contribution < 1.29 is 4.79 Å². The molecule has 116 valence electrons. The van der Waals surface area contributed by atoms with Crippen LogP contribution in [0.2, 0.25) is 0 Å². The molecule has 0 aliphatic heterocycles. The van der Waals surface area contributed by atoms with Crippen molar-refractivity contribution in [3.05, 3.63) is 55.0 Å². The fourth-order valence-corrected chi connectivity index (χ4v) is 2.23. The van der Waals surface area contributed by atoms with Gasteiger partial charge in [-0.05, 0) is 36.4 Å². The minimum atomic E-state index is -0.307. The van der Waals surface area contributed by atoms with Gasteiger partial charge in [0, 0.05) is 49.4 Å². The average Bonchev–Trinajstić information content (AvgIpc) is 2.55. The van der Waals surface area contributed by atoms with Crippen molar-refractivity contribution in [3.63, 3.8) is 0 Å². The molecule has 6 nitrogen and oxygen atoms in total. The first-order valence-corrected chi connectivity index (χ1v) is 7.17. The summed E-state index contributed by atoms with van der Waals surface area (Å²) in [4.78, 5) is 22.5. The summed E-state index contributed by atoms with van der Waals surface area (Å²) in [7, 11) is 3.94. The van der Waals surface area contributed by atoms with Crippen LogP contribution in [0.3, 0.4) is 0 Å². The van der Waals surface area contributed by atoms with E-state index in [1.807, 2.05) is 43.3 Å². The number of aromatic nitrogens is 2. The van der Waals surface area contributed by atoms with Gasteiger partial charge in [0.25, 0.3) is 0 Å². The van der Waals surface area contributed by atoms with Crippen LogP contribution in [-0.4, -0.2) is 30.1 Å². The van der Waals surface area contributed by atoms with Crippen molar-refractivity contribution in [2.45, 2.75) is 0 Å². The zero-order chi connectivity index (χ0) is 16.2. The molecule has 0 saturated carbocycles. The molecule has 0 aliphatic carbocycles. The van der Waals surface area contributed by atoms with Crippen LogP contribution >= 0.6 is 0 Å². The molecule has 2 heterocycles. The Morgan fingerprint density at radius 3 is 2.52 bits per heavy atom. The average molecular weight is 307 g/mol. The van der Waals surface area contributed by atoms with Crippen molar-refractivity contribution in [1.82, 2.24) is 9.97 Å². The van der Waals surface area contributed by atoms with Crippen LogP contribution in [0, 0.1) is 0 Å². The lowest BCUT2D eigenvalue weighted by atomic mass is 10.2. The Labute approximate surface area is 134 Å². The number of pyridine rings is 2. The van der Waals surface area contributed by atoms with Gasteiger partial charge in [-0.2, -0.15) is 0 Å². The highest BCUT2D eigenvalue weighted by Gasteiger charge is 2.07. The van der Waals surface area contributed by atoms with Crippen LogP contribution in [0.5, 0.6) is 0 Å². The van der Waals surface area contributed by atoms with Crippen molar-refractivity contribution in [1.29, 1.82) is 0 Å². The van der Waals surface area contributed by atoms with Gasteiger partial charge in [-0.15, -0.1) is 0 Å². The van der Waals surface area contributed by atoms with Crippen molar-refractivity contribution in [2.75, 3.05) is 29.6 Å². The first-order valence-electron chi connectivity index (χ1n) is 7.17. The van der Waals surface area contributed by atoms with Gasteiger partial charge in [0.2, 0.25) is 0 Å². The predicted octanol–water partition coefficient (Wildman–Crippen LogP) is 3.34. The van der Waals surface area contributed by atoms with Gasteiger partial charge in [0.05, 0.1) is 11.2 Å². The minimum Gasteiger partial charge on any atom is -0.378 e. The molecule has 0 atom stereocenters. The fraction of sp³-hybridized carbons (Fsp3) is 0.118. The summed E-state index contributed by atoms with van der Waals surface area (Å²) in [6.45, 7) is 0. The predicted molar refractivity (Wildman–Crippen MR) is 92.9 cm³/mol. The molecule has 0 radical (unpaired) electrons. The van der Waals surface area contributed by atoms with Crippen LogP contribution in [-0.2, 0) is 0 Å². The zero-order valence-corrected chi connectivity index (χ0v) is 12.9. The lowest BCUT2D eigenvalue weighted by Crippen LogP contribution is -2.19. The van der Waals surface area contributed by atoms with Gasteiger partial charge < -0.3 is 15.5 Å². The maximum absolute atomic E-state index is 12.2. The Bertz CT molecular complexity index is 825. The Hall–Kier alpha value is -3.15. The van der Waals surface area contributed by atoms with Gasteiger partial charge in [0.1, 0.15) is 0 Å². The minimum absolute atomic E-state index is 0.307. The molecular weight excluding hydrogens is 290 g/mol. The number of carbonyl (C=O) groups is 1. The molecule has 1 aromatic carbocycles. The summed E-state index contributed by atoms with van der Waals surface area (Å²) in [6, 6.07) is 10.9. The number of anilines is 3. The number of rotatable bonds is 3. The van der Waals surface area contributed by atoms with E-state index in [9.17, 15) is 4.79 Å². The number of hydrogen-bond donors (Lipinski definition) is 2. The Balaban J connectivity index is 1.73. The van der Waals surface area contributed by atoms with Gasteiger partial charge in [-0.3, -0.25) is 9.97 Å². The summed E-state index contributed by atoms with van der Waals surface area (Å²) in [5.74, 6) is 0. The van der Waals surface area contributed by atoms with E-state index >= 15 is 0 Å². The number of urea groups is 1. The third-order valence-electron chi connectivity index (χ3n) is 3.43. The first kappa shape index (κ1) is 14.8. The normalized spacial score (nSPS) is 10.3. The molecule has 0 spiro atoms. The maximum Gasteiger partial charge on any atom is 0.323 e. The maximum atomic E-state index is 12.2. The highest BCUT2D eigenvalue weighted by atomic mass is 16.2. The molecule has 0 saturated heterocycles. The van der Waals surface area contributed by atoms with Gasteiger partial charge in [0.15, 0.2) is 0 Å². The topological polar surface area (TPSA) is 70.2 Å². The number of fused-ring (bicyclic) bond motifs is 1. The van der Waals surface area contributed by atoms with Gasteiger partial charge in [-0.25, -0.2) is 4.79 Å². The molecule has 0 aliphatic rings. The van der Waals surface area contributed by atoms with Crippen LogP contribution in [0.25, 0.3) is 10.9 Å². The molecule has 6 heteroatoms. The second-order valence-corrected chi connectivity index (χ2v) is 5.27. The van der Waals surface area contributed by atoms with E-state index in [4.69, 9.17) is 0 Å². The Morgan fingerprint density at radius 1 is 1.00 bits per heavy atom. The van der Waals surface area contributed by atoms with E-state index in [1.54, 1.807) is 30.7 Å². The third-order valence-corrected chi connectivity index (χ3v) is 3.43. The van der Waals surface area contributed by atoms with Crippen molar-refractivity contribution in [3.8, 4) is 0 Å². The summed E-state index contributed by atoms with van der Waals surface area (Å²) in [6.07, 6.45) is 5.01. The zero-order valence-electron chi connectivity index (χ0n) is 12.9. The van der Waals surface area contributed by atoms with E-state index < -0.39 is 0 Å². The highest BCUT2D eigenvalue weighted by molar-refractivity contribution is 6.05. The largest absolute Gasteiger partial charge is 0.378 e. The van der Waals surface area contributed by atoms with E-state index in [0.29, 0.717) is 5.69 Å². The van der Waals surface area contributed by atoms with E-state index in [-0.39, 0.29) is 6.03 Å².